The van der Waals surface area contributed by atoms with Crippen LogP contribution in [0.15, 0.2) is 18.3 Å². The van der Waals surface area contributed by atoms with Crippen molar-refractivity contribution in [3.05, 3.63) is 18.3 Å². The molecular weight excluding hydrogens is 268 g/mol. The Kier molecular flexibility index (Phi) is 9.83. The molecule has 6 heteroatoms. The lowest BCUT2D eigenvalue weighted by atomic mass is 10.2. The Labute approximate surface area is 115 Å². The van der Waals surface area contributed by atoms with Crippen molar-refractivity contribution < 1.29 is 0 Å². The van der Waals surface area contributed by atoms with Crippen molar-refractivity contribution in [2.75, 3.05) is 11.1 Å². The van der Waals surface area contributed by atoms with Crippen molar-refractivity contribution in [2.24, 2.45) is 0 Å². The molecule has 0 saturated heterocycles. The first kappa shape index (κ1) is 18.0. The number of pyridine rings is 1. The third-order valence-corrected chi connectivity index (χ3v) is 2.49. The van der Waals surface area contributed by atoms with Crippen molar-refractivity contribution in [1.82, 2.24) is 4.98 Å². The number of hydrogen-bond acceptors (Lipinski definition) is 3. The largest absolute Gasteiger partial charge is 0.397 e. The fourth-order valence-electron chi connectivity index (χ4n) is 1.77. The predicted molar refractivity (Wildman–Crippen MR) is 76.3 cm³/mol. The summed E-state index contributed by atoms with van der Waals surface area (Å²) in [6, 6.07) is 4.44. The maximum atomic E-state index is 5.54. The van der Waals surface area contributed by atoms with Crippen LogP contribution in [0.3, 0.4) is 0 Å². The summed E-state index contributed by atoms with van der Waals surface area (Å²) in [6.07, 6.45) is 6.91. The van der Waals surface area contributed by atoms with Gasteiger partial charge in [0.05, 0.1) is 11.9 Å². The van der Waals surface area contributed by atoms with Crippen LogP contribution in [0.1, 0.15) is 25.7 Å². The van der Waals surface area contributed by atoms with E-state index in [9.17, 15) is 0 Å². The summed E-state index contributed by atoms with van der Waals surface area (Å²) in [7, 11) is 0. The molecule has 0 radical (unpaired) electrons. The second kappa shape index (κ2) is 8.74. The predicted octanol–water partition coefficient (Wildman–Crippen LogP) is 3.28. The highest BCUT2D eigenvalue weighted by molar-refractivity contribution is 5.86. The summed E-state index contributed by atoms with van der Waals surface area (Å²) in [4.78, 5) is 4.21. The Morgan fingerprint density at radius 2 is 1.75 bits per heavy atom. The molecule has 0 spiro atoms. The molecule has 2 rings (SSSR count). The van der Waals surface area contributed by atoms with E-state index >= 15 is 0 Å². The third kappa shape index (κ3) is 5.10. The average Bonchev–Trinajstić information content (AvgIpc) is 2.62. The van der Waals surface area contributed by atoms with E-state index in [-0.39, 0.29) is 37.2 Å². The van der Waals surface area contributed by atoms with Crippen molar-refractivity contribution >= 4 is 48.7 Å². The first-order chi connectivity index (χ1) is 6.34. The zero-order valence-electron chi connectivity index (χ0n) is 8.89. The zero-order chi connectivity index (χ0) is 9.10. The molecule has 1 fully saturated rings. The minimum absolute atomic E-state index is 0. The van der Waals surface area contributed by atoms with Crippen molar-refractivity contribution in [3.63, 3.8) is 0 Å². The Morgan fingerprint density at radius 1 is 1.12 bits per heavy atom. The summed E-state index contributed by atoms with van der Waals surface area (Å²) in [5.41, 5.74) is 6.26. The molecule has 1 saturated carbocycles. The molecule has 1 aromatic heterocycles. The van der Waals surface area contributed by atoms with Crippen molar-refractivity contribution in [3.8, 4) is 0 Å². The number of nitrogens with two attached hydrogens (primary N) is 1. The highest BCUT2D eigenvalue weighted by Crippen LogP contribution is 2.21. The molecule has 0 atom stereocenters. The second-order valence-corrected chi connectivity index (χ2v) is 3.60. The molecule has 94 valence electrons. The lowest BCUT2D eigenvalue weighted by Crippen LogP contribution is -2.15. The number of nitrogen functional groups attached to an aromatic ring is 1. The molecule has 3 N–H and O–H groups in total. The maximum absolute atomic E-state index is 5.54. The Balaban J connectivity index is 0. The highest BCUT2D eigenvalue weighted by atomic mass is 35.5. The maximum Gasteiger partial charge on any atom is 0.126 e. The van der Waals surface area contributed by atoms with E-state index in [1.807, 2.05) is 12.1 Å². The first-order valence-electron chi connectivity index (χ1n) is 4.83. The molecule has 0 aliphatic heterocycles. The lowest BCUT2D eigenvalue weighted by molar-refractivity contribution is 0.750. The summed E-state index contributed by atoms with van der Waals surface area (Å²) in [5, 5.41) is 3.40. The van der Waals surface area contributed by atoms with E-state index in [0.717, 1.165) is 11.5 Å². The van der Waals surface area contributed by atoms with E-state index in [0.29, 0.717) is 6.04 Å². The normalized spacial score (nSPS) is 14.2. The molecular formula is C10H18Cl3N3. The molecule has 0 bridgehead atoms. The SMILES string of the molecule is Cl.Cl.Cl.Nc1ccc(NC2CCCC2)nc1. The summed E-state index contributed by atoms with van der Waals surface area (Å²) in [6.45, 7) is 0. The summed E-state index contributed by atoms with van der Waals surface area (Å²) < 4.78 is 0. The fourth-order valence-corrected chi connectivity index (χ4v) is 1.77. The van der Waals surface area contributed by atoms with Gasteiger partial charge in [-0.05, 0) is 25.0 Å². The van der Waals surface area contributed by atoms with Gasteiger partial charge in [-0.25, -0.2) is 4.98 Å². The van der Waals surface area contributed by atoms with Crippen LogP contribution in [0.2, 0.25) is 0 Å². The van der Waals surface area contributed by atoms with E-state index in [1.54, 1.807) is 6.20 Å². The van der Waals surface area contributed by atoms with Gasteiger partial charge in [0.1, 0.15) is 5.82 Å². The van der Waals surface area contributed by atoms with Crippen LogP contribution in [-0.2, 0) is 0 Å². The molecule has 0 amide bonds. The fraction of sp³-hybridized carbons (Fsp3) is 0.500. The molecule has 3 nitrogen and oxygen atoms in total. The average molecular weight is 287 g/mol. The van der Waals surface area contributed by atoms with Crippen molar-refractivity contribution in [1.29, 1.82) is 0 Å². The molecule has 0 unspecified atom stereocenters. The van der Waals surface area contributed by atoms with Gasteiger partial charge in [0.15, 0.2) is 0 Å². The van der Waals surface area contributed by atoms with Gasteiger partial charge in [0.2, 0.25) is 0 Å². The molecule has 0 aromatic carbocycles. The van der Waals surface area contributed by atoms with Crippen LogP contribution in [0.25, 0.3) is 0 Å². The van der Waals surface area contributed by atoms with Gasteiger partial charge >= 0.3 is 0 Å². The number of aromatic nitrogens is 1. The minimum Gasteiger partial charge on any atom is -0.397 e. The smallest absolute Gasteiger partial charge is 0.126 e. The molecule has 1 aliphatic carbocycles. The molecule has 1 heterocycles. The number of halogens is 3. The van der Waals surface area contributed by atoms with Gasteiger partial charge < -0.3 is 11.1 Å². The standard InChI is InChI=1S/C10H15N3.3ClH/c11-8-5-6-10(12-7-8)13-9-3-1-2-4-9;;;/h5-7,9H,1-4,11H2,(H,12,13);3*1H. The quantitative estimate of drug-likeness (QED) is 0.877. The van der Waals surface area contributed by atoms with Crippen LogP contribution in [-0.4, -0.2) is 11.0 Å². The first-order valence-corrected chi connectivity index (χ1v) is 4.83. The monoisotopic (exact) mass is 285 g/mol. The number of nitrogens with zero attached hydrogens (tertiary/aromatic N) is 1. The van der Waals surface area contributed by atoms with Crippen LogP contribution in [0, 0.1) is 0 Å². The second-order valence-electron chi connectivity index (χ2n) is 3.60. The van der Waals surface area contributed by atoms with Crippen LogP contribution < -0.4 is 11.1 Å². The number of hydrogen-bond donors (Lipinski definition) is 2. The van der Waals surface area contributed by atoms with Gasteiger partial charge in [0.25, 0.3) is 0 Å². The lowest BCUT2D eigenvalue weighted by Gasteiger charge is -2.11. The number of nitrogens with one attached hydrogen (secondary N) is 1. The topological polar surface area (TPSA) is 50.9 Å². The van der Waals surface area contributed by atoms with Crippen LogP contribution in [0.4, 0.5) is 11.5 Å². The van der Waals surface area contributed by atoms with E-state index in [2.05, 4.69) is 10.3 Å². The summed E-state index contributed by atoms with van der Waals surface area (Å²) >= 11 is 0. The molecule has 1 aliphatic rings. The van der Waals surface area contributed by atoms with Gasteiger partial charge in [0, 0.05) is 6.04 Å². The van der Waals surface area contributed by atoms with Crippen LogP contribution >= 0.6 is 37.2 Å². The van der Waals surface area contributed by atoms with Gasteiger partial charge in [-0.15, -0.1) is 37.2 Å². The van der Waals surface area contributed by atoms with Gasteiger partial charge in [-0.2, -0.15) is 0 Å². The van der Waals surface area contributed by atoms with E-state index in [1.165, 1.54) is 25.7 Å². The van der Waals surface area contributed by atoms with Crippen LogP contribution in [0.5, 0.6) is 0 Å². The van der Waals surface area contributed by atoms with E-state index < -0.39 is 0 Å². The summed E-state index contributed by atoms with van der Waals surface area (Å²) in [5.74, 6) is 0.945. The number of anilines is 2. The highest BCUT2D eigenvalue weighted by Gasteiger charge is 2.14. The Morgan fingerprint density at radius 3 is 2.25 bits per heavy atom. The zero-order valence-corrected chi connectivity index (χ0v) is 11.3. The van der Waals surface area contributed by atoms with E-state index in [4.69, 9.17) is 5.73 Å². The molecule has 1 aromatic rings. The Bertz CT molecular complexity index is 273. The number of rotatable bonds is 2. The van der Waals surface area contributed by atoms with Crippen molar-refractivity contribution in [2.45, 2.75) is 31.7 Å². The van der Waals surface area contributed by atoms with Gasteiger partial charge in [-0.3, -0.25) is 0 Å². The minimum atomic E-state index is 0. The Hall–Kier alpha value is -0.380. The third-order valence-electron chi connectivity index (χ3n) is 2.49. The van der Waals surface area contributed by atoms with Gasteiger partial charge in [-0.1, -0.05) is 12.8 Å². The molecule has 16 heavy (non-hydrogen) atoms.